The van der Waals surface area contributed by atoms with Crippen LogP contribution < -0.4 is 10.1 Å². The van der Waals surface area contributed by atoms with Crippen molar-refractivity contribution < 1.29 is 18.7 Å². The van der Waals surface area contributed by atoms with E-state index in [9.17, 15) is 9.18 Å². The van der Waals surface area contributed by atoms with Gasteiger partial charge in [-0.05, 0) is 24.3 Å². The van der Waals surface area contributed by atoms with Crippen LogP contribution in [0.5, 0.6) is 5.75 Å². The minimum Gasteiger partial charge on any atom is -0.497 e. The summed E-state index contributed by atoms with van der Waals surface area (Å²) >= 11 is 1.49. The molecule has 6 heteroatoms. The van der Waals surface area contributed by atoms with Gasteiger partial charge in [0.15, 0.2) is 0 Å². The van der Waals surface area contributed by atoms with Gasteiger partial charge in [-0.1, -0.05) is 0 Å². The number of hydrogen-bond acceptors (Lipinski definition) is 5. The van der Waals surface area contributed by atoms with Gasteiger partial charge in [-0.3, -0.25) is 4.79 Å². The molecule has 0 amide bonds. The Labute approximate surface area is 126 Å². The van der Waals surface area contributed by atoms with E-state index < -0.39 is 0 Å². The van der Waals surface area contributed by atoms with Crippen molar-refractivity contribution >= 4 is 23.0 Å². The second-order valence-electron chi connectivity index (χ2n) is 4.32. The van der Waals surface area contributed by atoms with Gasteiger partial charge in [0.25, 0.3) is 0 Å². The van der Waals surface area contributed by atoms with Crippen LogP contribution in [0.4, 0.5) is 10.1 Å². The molecule has 1 aromatic carbocycles. The maximum absolute atomic E-state index is 13.7. The van der Waals surface area contributed by atoms with E-state index in [4.69, 9.17) is 4.74 Å². The smallest absolute Gasteiger partial charge is 0.310 e. The summed E-state index contributed by atoms with van der Waals surface area (Å²) in [5.41, 5.74) is 0.386. The summed E-state index contributed by atoms with van der Waals surface area (Å²) in [7, 11) is 2.90. The van der Waals surface area contributed by atoms with E-state index in [-0.39, 0.29) is 18.2 Å². The van der Waals surface area contributed by atoms with Gasteiger partial charge in [0.2, 0.25) is 0 Å². The number of anilines is 1. The molecule has 2 rings (SSSR count). The van der Waals surface area contributed by atoms with E-state index in [1.54, 1.807) is 12.1 Å². The van der Waals surface area contributed by atoms with Crippen LogP contribution in [0.1, 0.15) is 9.75 Å². The Hall–Kier alpha value is -2.08. The number of rotatable bonds is 6. The van der Waals surface area contributed by atoms with Crippen LogP contribution in [0.3, 0.4) is 0 Å². The van der Waals surface area contributed by atoms with E-state index in [0.717, 1.165) is 9.75 Å². The first-order valence-electron chi connectivity index (χ1n) is 6.34. The van der Waals surface area contributed by atoms with Crippen LogP contribution in [0, 0.1) is 5.82 Å². The SMILES string of the molecule is COC(=O)Cc1ccc(CNc2cc(OC)ccc2F)s1. The summed E-state index contributed by atoms with van der Waals surface area (Å²) in [6.45, 7) is 0.482. The average Bonchev–Trinajstić information content (AvgIpc) is 2.93. The Morgan fingerprint density at radius 1 is 1.24 bits per heavy atom. The summed E-state index contributed by atoms with van der Waals surface area (Å²) in [5, 5.41) is 3.02. The molecule has 0 saturated heterocycles. The van der Waals surface area contributed by atoms with Crippen molar-refractivity contribution in [1.82, 2.24) is 0 Å². The van der Waals surface area contributed by atoms with E-state index in [1.165, 1.54) is 31.6 Å². The number of nitrogens with one attached hydrogen (secondary N) is 1. The van der Waals surface area contributed by atoms with Crippen LogP contribution in [-0.4, -0.2) is 20.2 Å². The van der Waals surface area contributed by atoms with Crippen LogP contribution >= 0.6 is 11.3 Å². The Bertz CT molecular complexity index is 627. The summed E-state index contributed by atoms with van der Waals surface area (Å²) in [4.78, 5) is 13.1. The molecule has 0 aliphatic heterocycles. The van der Waals surface area contributed by atoms with Crippen molar-refractivity contribution in [2.45, 2.75) is 13.0 Å². The molecule has 0 atom stereocenters. The fourth-order valence-corrected chi connectivity index (χ4v) is 2.72. The molecule has 0 radical (unpaired) electrons. The third-order valence-electron chi connectivity index (χ3n) is 2.89. The minimum atomic E-state index is -0.331. The van der Waals surface area contributed by atoms with E-state index >= 15 is 0 Å². The Kier molecular flexibility index (Phi) is 5.16. The molecule has 0 aliphatic rings. The molecular formula is C15H16FNO3S. The zero-order chi connectivity index (χ0) is 15.2. The lowest BCUT2D eigenvalue weighted by Crippen LogP contribution is -2.02. The molecule has 0 spiro atoms. The first-order valence-corrected chi connectivity index (χ1v) is 7.16. The van der Waals surface area contributed by atoms with E-state index in [0.29, 0.717) is 18.0 Å². The number of benzene rings is 1. The van der Waals surface area contributed by atoms with Crippen LogP contribution in [0.15, 0.2) is 30.3 Å². The summed E-state index contributed by atoms with van der Waals surface area (Å²) in [6.07, 6.45) is 0.259. The lowest BCUT2D eigenvalue weighted by Gasteiger charge is -2.08. The number of carbonyl (C=O) groups excluding carboxylic acids is 1. The second kappa shape index (κ2) is 7.08. The highest BCUT2D eigenvalue weighted by molar-refractivity contribution is 7.12. The quantitative estimate of drug-likeness (QED) is 0.832. The van der Waals surface area contributed by atoms with Crippen molar-refractivity contribution in [2.75, 3.05) is 19.5 Å². The molecule has 1 N–H and O–H groups in total. The van der Waals surface area contributed by atoms with Crippen LogP contribution in [0.25, 0.3) is 0 Å². The molecule has 21 heavy (non-hydrogen) atoms. The molecule has 2 aromatic rings. The summed E-state index contributed by atoms with van der Waals surface area (Å²) in [6, 6.07) is 8.32. The molecule has 1 heterocycles. The van der Waals surface area contributed by atoms with E-state index in [1.807, 2.05) is 12.1 Å². The minimum absolute atomic E-state index is 0.259. The summed E-state index contributed by atoms with van der Waals surface area (Å²) < 4.78 is 23.3. The van der Waals surface area contributed by atoms with Gasteiger partial charge in [0, 0.05) is 22.4 Å². The standard InChI is InChI=1S/C15H16FNO3S/c1-19-10-3-6-13(16)14(7-10)17-9-12-5-4-11(21-12)8-15(18)20-2/h3-7,17H,8-9H2,1-2H3. The second-order valence-corrected chi connectivity index (χ2v) is 5.57. The number of esters is 1. The number of hydrogen-bond donors (Lipinski definition) is 1. The zero-order valence-corrected chi connectivity index (χ0v) is 12.6. The maximum atomic E-state index is 13.7. The van der Waals surface area contributed by atoms with Crippen molar-refractivity contribution in [3.63, 3.8) is 0 Å². The van der Waals surface area contributed by atoms with Crippen LogP contribution in [-0.2, 0) is 22.5 Å². The third-order valence-corrected chi connectivity index (χ3v) is 3.98. The molecule has 0 bridgehead atoms. The lowest BCUT2D eigenvalue weighted by molar-refractivity contribution is -0.139. The van der Waals surface area contributed by atoms with Crippen LogP contribution in [0.2, 0.25) is 0 Å². The topological polar surface area (TPSA) is 47.6 Å². The van der Waals surface area contributed by atoms with Gasteiger partial charge >= 0.3 is 5.97 Å². The molecule has 112 valence electrons. The normalized spacial score (nSPS) is 10.2. The maximum Gasteiger partial charge on any atom is 0.310 e. The summed E-state index contributed by atoms with van der Waals surface area (Å²) in [5.74, 6) is -0.00574. The molecule has 0 unspecified atom stereocenters. The van der Waals surface area contributed by atoms with Gasteiger partial charge < -0.3 is 14.8 Å². The molecule has 0 aliphatic carbocycles. The van der Waals surface area contributed by atoms with Crippen molar-refractivity contribution in [3.8, 4) is 5.75 Å². The highest BCUT2D eigenvalue weighted by Crippen LogP contribution is 2.23. The highest BCUT2D eigenvalue weighted by Gasteiger charge is 2.08. The Balaban J connectivity index is 1.98. The molecule has 0 fully saturated rings. The largest absolute Gasteiger partial charge is 0.497 e. The number of methoxy groups -OCH3 is 2. The highest BCUT2D eigenvalue weighted by atomic mass is 32.1. The van der Waals surface area contributed by atoms with Gasteiger partial charge in [-0.15, -0.1) is 11.3 Å². The van der Waals surface area contributed by atoms with Gasteiger partial charge in [-0.2, -0.15) is 0 Å². The molecule has 1 aromatic heterocycles. The fourth-order valence-electron chi connectivity index (χ4n) is 1.78. The monoisotopic (exact) mass is 309 g/mol. The van der Waals surface area contributed by atoms with Gasteiger partial charge in [-0.25, -0.2) is 4.39 Å². The number of halogens is 1. The average molecular weight is 309 g/mol. The Morgan fingerprint density at radius 2 is 2.00 bits per heavy atom. The van der Waals surface area contributed by atoms with Gasteiger partial charge in [0.1, 0.15) is 11.6 Å². The molecule has 4 nitrogen and oxygen atoms in total. The number of ether oxygens (including phenoxy) is 2. The molecule has 0 saturated carbocycles. The molecular weight excluding hydrogens is 293 g/mol. The predicted molar refractivity (Wildman–Crippen MR) is 80.3 cm³/mol. The first kappa shape index (κ1) is 15.3. The van der Waals surface area contributed by atoms with Gasteiger partial charge in [0.05, 0.1) is 26.3 Å². The predicted octanol–water partition coefficient (Wildman–Crippen LogP) is 3.22. The number of carbonyl (C=O) groups is 1. The third kappa shape index (κ3) is 4.19. The number of thiophene rings is 1. The first-order chi connectivity index (χ1) is 10.1. The lowest BCUT2D eigenvalue weighted by atomic mass is 10.3. The van der Waals surface area contributed by atoms with E-state index in [2.05, 4.69) is 10.1 Å². The fraction of sp³-hybridized carbons (Fsp3) is 0.267. The zero-order valence-electron chi connectivity index (χ0n) is 11.8. The Morgan fingerprint density at radius 3 is 2.71 bits per heavy atom. The van der Waals surface area contributed by atoms with Crippen molar-refractivity contribution in [3.05, 3.63) is 45.9 Å². The van der Waals surface area contributed by atoms with Crippen molar-refractivity contribution in [1.29, 1.82) is 0 Å². The van der Waals surface area contributed by atoms with Crippen molar-refractivity contribution in [2.24, 2.45) is 0 Å².